The van der Waals surface area contributed by atoms with Gasteiger partial charge in [0.1, 0.15) is 0 Å². The third kappa shape index (κ3) is 3.69. The number of fused-ring (bicyclic) bond motifs is 1. The van der Waals surface area contributed by atoms with E-state index in [-0.39, 0.29) is 25.8 Å². The second-order valence-corrected chi connectivity index (χ2v) is 5.79. The zero-order valence-electron chi connectivity index (χ0n) is 14.0. The largest absolute Gasteiger partial charge is 0.269 e. The topological polar surface area (TPSA) is 0 Å². The maximum Gasteiger partial charge on any atom is 0 e. The summed E-state index contributed by atoms with van der Waals surface area (Å²) in [5, 5.41) is 0. The van der Waals surface area contributed by atoms with Crippen molar-refractivity contribution in [2.24, 2.45) is 0 Å². The van der Waals surface area contributed by atoms with Crippen molar-refractivity contribution in [3.8, 4) is 0 Å². The predicted molar refractivity (Wildman–Crippen MR) is 88.3 cm³/mol. The molecule has 1 aliphatic carbocycles. The molecule has 0 saturated carbocycles. The van der Waals surface area contributed by atoms with Crippen molar-refractivity contribution in [3.63, 3.8) is 0 Å². The van der Waals surface area contributed by atoms with E-state index in [4.69, 9.17) is 0 Å². The first kappa shape index (κ1) is 18.2. The van der Waals surface area contributed by atoms with Gasteiger partial charge in [0.15, 0.2) is 0 Å². The van der Waals surface area contributed by atoms with Crippen molar-refractivity contribution >= 4 is 6.08 Å². The zero-order chi connectivity index (χ0) is 14.9. The van der Waals surface area contributed by atoms with Crippen LogP contribution in [0.2, 0.25) is 0 Å². The summed E-state index contributed by atoms with van der Waals surface area (Å²) in [6.07, 6.45) is 5.33. The first-order chi connectivity index (χ1) is 9.43. The third-order valence-electron chi connectivity index (χ3n) is 4.76. The summed E-state index contributed by atoms with van der Waals surface area (Å²) in [4.78, 5) is 0. The van der Waals surface area contributed by atoms with Crippen LogP contribution in [0, 0.1) is 40.7 Å². The summed E-state index contributed by atoms with van der Waals surface area (Å²) in [5.74, 6) is 0.496. The van der Waals surface area contributed by atoms with Crippen LogP contribution in [0.25, 0.3) is 6.08 Å². The van der Waals surface area contributed by atoms with Crippen LogP contribution in [-0.4, -0.2) is 0 Å². The maximum absolute atomic E-state index is 3.26. The smallest absolute Gasteiger partial charge is 0 e. The van der Waals surface area contributed by atoms with Crippen molar-refractivity contribution in [3.05, 3.63) is 69.3 Å². The molecule has 0 nitrogen and oxygen atoms in total. The van der Waals surface area contributed by atoms with Gasteiger partial charge in [-0.15, -0.1) is 11.6 Å². The van der Waals surface area contributed by atoms with Gasteiger partial charge in [0, 0.05) is 25.8 Å². The van der Waals surface area contributed by atoms with Crippen LogP contribution < -0.4 is 0 Å². The van der Waals surface area contributed by atoms with E-state index in [1.165, 1.54) is 38.9 Å². The molecule has 1 heteroatoms. The maximum atomic E-state index is 3.26. The Balaban J connectivity index is 0.000000200. The molecule has 1 aliphatic rings. The molecule has 3 rings (SSSR count). The summed E-state index contributed by atoms with van der Waals surface area (Å²) >= 11 is 0. The van der Waals surface area contributed by atoms with Gasteiger partial charge in [-0.05, 0) is 0 Å². The first-order valence-electron chi connectivity index (χ1n) is 7.31. The number of allylic oxidation sites excluding steroid dienone is 1. The van der Waals surface area contributed by atoms with Gasteiger partial charge in [0.2, 0.25) is 0 Å². The van der Waals surface area contributed by atoms with Gasteiger partial charge in [-0.1, -0.05) is 65.7 Å². The molecule has 0 spiro atoms. The zero-order valence-corrected chi connectivity index (χ0v) is 17.6. The molecule has 0 aliphatic heterocycles. The summed E-state index contributed by atoms with van der Waals surface area (Å²) in [5.41, 5.74) is 10.1. The predicted octanol–water partition coefficient (Wildman–Crippen LogP) is 5.57. The van der Waals surface area contributed by atoms with E-state index in [9.17, 15) is 0 Å². The Morgan fingerprint density at radius 1 is 0.952 bits per heavy atom. The Labute approximate surface area is 148 Å². The Bertz CT molecular complexity index is 564. The molecule has 21 heavy (non-hydrogen) atoms. The molecule has 0 saturated heterocycles. The summed E-state index contributed by atoms with van der Waals surface area (Å²) < 4.78 is 0. The normalized spacial score (nSPS) is 15.0. The summed E-state index contributed by atoms with van der Waals surface area (Å²) in [7, 11) is 0. The van der Waals surface area contributed by atoms with Crippen molar-refractivity contribution in [2.75, 3.05) is 0 Å². The second kappa shape index (κ2) is 7.45. The van der Waals surface area contributed by atoms with Crippen LogP contribution in [-0.2, 0) is 25.8 Å². The molecule has 0 bridgehead atoms. The molecular formula is C20H24Hf-2. The average molecular weight is 443 g/mol. The van der Waals surface area contributed by atoms with Gasteiger partial charge in [0.05, 0.1) is 0 Å². The van der Waals surface area contributed by atoms with Crippen LogP contribution in [0.4, 0.5) is 0 Å². The molecule has 1 unspecified atom stereocenters. The molecule has 0 amide bonds. The second-order valence-electron chi connectivity index (χ2n) is 5.79. The van der Waals surface area contributed by atoms with E-state index >= 15 is 0 Å². The Hall–Kier alpha value is -0.820. The Kier molecular flexibility index (Phi) is 6.46. The van der Waals surface area contributed by atoms with E-state index in [1.807, 2.05) is 0 Å². The van der Waals surface area contributed by atoms with Crippen molar-refractivity contribution < 1.29 is 25.8 Å². The average Bonchev–Trinajstić information content (AvgIpc) is 2.92. The molecule has 0 fully saturated rings. The van der Waals surface area contributed by atoms with Crippen molar-refractivity contribution in [1.82, 2.24) is 0 Å². The van der Waals surface area contributed by atoms with Crippen LogP contribution in [0.3, 0.4) is 0 Å². The van der Waals surface area contributed by atoms with Gasteiger partial charge in [-0.2, -0.15) is 33.4 Å². The van der Waals surface area contributed by atoms with Gasteiger partial charge in [-0.3, -0.25) is 6.08 Å². The van der Waals surface area contributed by atoms with E-state index < -0.39 is 0 Å². The number of hydrogen-bond acceptors (Lipinski definition) is 0. The van der Waals surface area contributed by atoms with E-state index in [2.05, 4.69) is 78.0 Å². The van der Waals surface area contributed by atoms with Crippen molar-refractivity contribution in [2.45, 2.75) is 47.5 Å². The van der Waals surface area contributed by atoms with E-state index in [0.29, 0.717) is 5.92 Å². The third-order valence-corrected chi connectivity index (χ3v) is 4.76. The Morgan fingerprint density at radius 2 is 1.48 bits per heavy atom. The fraction of sp³-hybridized carbons (Fsp3) is 0.350. The van der Waals surface area contributed by atoms with Crippen molar-refractivity contribution in [1.29, 1.82) is 0 Å². The summed E-state index contributed by atoms with van der Waals surface area (Å²) in [6.45, 7) is 13.2. The summed E-state index contributed by atoms with van der Waals surface area (Å²) in [6, 6.07) is 8.44. The molecule has 1 atom stereocenters. The number of hydrogen-bond donors (Lipinski definition) is 0. The van der Waals surface area contributed by atoms with E-state index in [0.717, 1.165) is 0 Å². The standard InChI is InChI=1S/C10H9.C10H15.Hf/c1-8-6-7-9-4-2-3-5-10(8)9;1-6-7(2)9(4)10(5)8(6)3;/h2-5,7-8H,1H3;1-5H3;/q2*-1;. The van der Waals surface area contributed by atoms with Crippen LogP contribution in [0.5, 0.6) is 0 Å². The molecule has 0 radical (unpaired) electrons. The minimum absolute atomic E-state index is 0. The fourth-order valence-corrected chi connectivity index (χ4v) is 2.75. The van der Waals surface area contributed by atoms with Crippen LogP contribution >= 0.6 is 0 Å². The van der Waals surface area contributed by atoms with Gasteiger partial charge in [0.25, 0.3) is 0 Å². The number of rotatable bonds is 0. The minimum Gasteiger partial charge on any atom is -0.269 e. The number of benzene rings is 1. The monoisotopic (exact) mass is 444 g/mol. The van der Waals surface area contributed by atoms with Crippen LogP contribution in [0.1, 0.15) is 51.8 Å². The van der Waals surface area contributed by atoms with Gasteiger partial charge < -0.3 is 0 Å². The Morgan fingerprint density at radius 3 is 1.90 bits per heavy atom. The molecule has 0 heterocycles. The minimum atomic E-state index is 0. The SMILES string of the molecule is CC1[C-]=Cc2ccccc21.Cc1c(C)c(C)[c-](C)c1C.[Hf]. The molecule has 110 valence electrons. The molecule has 2 aromatic carbocycles. The molecule has 0 aromatic heterocycles. The fourth-order valence-electron chi connectivity index (χ4n) is 2.75. The first-order valence-corrected chi connectivity index (χ1v) is 7.31. The van der Waals surface area contributed by atoms with Crippen LogP contribution in [0.15, 0.2) is 24.3 Å². The molecular weight excluding hydrogens is 419 g/mol. The van der Waals surface area contributed by atoms with E-state index in [1.54, 1.807) is 0 Å². The van der Waals surface area contributed by atoms with Gasteiger partial charge >= 0.3 is 0 Å². The quantitative estimate of drug-likeness (QED) is 0.370. The molecule has 2 aromatic rings. The van der Waals surface area contributed by atoms with Gasteiger partial charge in [-0.25, -0.2) is 6.08 Å². The molecule has 0 N–H and O–H groups in total.